The van der Waals surface area contributed by atoms with Crippen molar-refractivity contribution in [3.63, 3.8) is 0 Å². The second kappa shape index (κ2) is 9.55. The second-order valence-electron chi connectivity index (χ2n) is 11.8. The van der Waals surface area contributed by atoms with E-state index in [-0.39, 0.29) is 29.4 Å². The minimum absolute atomic E-state index is 0.00768. The summed E-state index contributed by atoms with van der Waals surface area (Å²) in [6, 6.07) is 5.72. The van der Waals surface area contributed by atoms with E-state index in [9.17, 15) is 9.59 Å². The van der Waals surface area contributed by atoms with Crippen molar-refractivity contribution in [2.75, 3.05) is 33.9 Å². The van der Waals surface area contributed by atoms with Crippen LogP contribution in [0.25, 0.3) is 0 Å². The van der Waals surface area contributed by atoms with Crippen LogP contribution in [-0.2, 0) is 11.2 Å². The van der Waals surface area contributed by atoms with E-state index in [1.165, 1.54) is 19.3 Å². The van der Waals surface area contributed by atoms with Crippen LogP contribution in [0.4, 0.5) is 4.79 Å². The topological polar surface area (TPSA) is 71.1 Å². The average Bonchev–Trinajstić information content (AvgIpc) is 2.82. The highest BCUT2D eigenvalue weighted by Gasteiger charge is 2.52. The number of methoxy groups -OCH3 is 2. The molecule has 4 saturated carbocycles. The Morgan fingerprint density at radius 2 is 1.63 bits per heavy atom. The monoisotopic (exact) mass is 483 g/mol. The molecule has 1 unspecified atom stereocenters. The van der Waals surface area contributed by atoms with Crippen LogP contribution in [0.15, 0.2) is 18.2 Å². The van der Waals surface area contributed by atoms with Crippen LogP contribution in [0.2, 0.25) is 0 Å². The molecule has 7 heteroatoms. The minimum Gasteiger partial charge on any atom is -0.493 e. The van der Waals surface area contributed by atoms with Crippen LogP contribution in [0.1, 0.15) is 57.9 Å². The molecule has 1 atom stereocenters. The maximum absolute atomic E-state index is 13.6. The lowest BCUT2D eigenvalue weighted by Crippen LogP contribution is -2.66. The van der Waals surface area contributed by atoms with Crippen molar-refractivity contribution >= 4 is 11.9 Å². The van der Waals surface area contributed by atoms with Crippen molar-refractivity contribution in [1.29, 1.82) is 0 Å². The standard InChI is InChI=1S/C28H41N3O4/c1-18(2)23-17-30(26(32)13-19-5-6-24(34-3)25(12-19)35-4)7-8-31(23)27(33)29-28-14-20-9-21(15-28)11-22(10-20)16-28/h5-6,12,18,20-23H,7-11,13-17H2,1-4H3,(H,29,33). The van der Waals surface area contributed by atoms with Gasteiger partial charge in [0.1, 0.15) is 0 Å². The van der Waals surface area contributed by atoms with Crippen LogP contribution >= 0.6 is 0 Å². The van der Waals surface area contributed by atoms with Crippen molar-refractivity contribution in [2.45, 2.75) is 70.4 Å². The highest BCUT2D eigenvalue weighted by molar-refractivity contribution is 5.80. The molecule has 4 bridgehead atoms. The number of nitrogens with one attached hydrogen (secondary N) is 1. The molecule has 0 aromatic heterocycles. The number of hydrogen-bond donors (Lipinski definition) is 1. The highest BCUT2D eigenvalue weighted by Crippen LogP contribution is 2.55. The van der Waals surface area contributed by atoms with Crippen molar-refractivity contribution in [3.8, 4) is 11.5 Å². The van der Waals surface area contributed by atoms with Crippen molar-refractivity contribution in [3.05, 3.63) is 23.8 Å². The van der Waals surface area contributed by atoms with Gasteiger partial charge in [-0.2, -0.15) is 0 Å². The predicted molar refractivity (Wildman–Crippen MR) is 135 cm³/mol. The SMILES string of the molecule is COc1ccc(CC(=O)N2CCN(C(=O)NC34CC5CC(CC(C5)C3)C4)C(C(C)C)C2)cc1OC. The number of carbonyl (C=O) groups excluding carboxylic acids is 2. The van der Waals surface area contributed by atoms with Gasteiger partial charge in [0.15, 0.2) is 11.5 Å². The number of nitrogens with zero attached hydrogens (tertiary/aromatic N) is 2. The number of hydrogen-bond acceptors (Lipinski definition) is 4. The lowest BCUT2D eigenvalue weighted by molar-refractivity contribution is -0.133. The molecular formula is C28H41N3O4. The molecule has 5 fully saturated rings. The van der Waals surface area contributed by atoms with Gasteiger partial charge in [-0.1, -0.05) is 19.9 Å². The third-order valence-corrected chi connectivity index (χ3v) is 9.02. The quantitative estimate of drug-likeness (QED) is 0.662. The molecule has 1 aromatic rings. The average molecular weight is 484 g/mol. The van der Waals surface area contributed by atoms with E-state index in [1.54, 1.807) is 14.2 Å². The van der Waals surface area contributed by atoms with Gasteiger partial charge >= 0.3 is 6.03 Å². The van der Waals surface area contributed by atoms with E-state index in [1.807, 2.05) is 28.0 Å². The Hall–Kier alpha value is -2.44. The third-order valence-electron chi connectivity index (χ3n) is 9.02. The first-order valence-corrected chi connectivity index (χ1v) is 13.4. The maximum atomic E-state index is 13.6. The molecule has 1 N–H and O–H groups in total. The number of piperazine rings is 1. The fourth-order valence-corrected chi connectivity index (χ4v) is 7.70. The van der Waals surface area contributed by atoms with Crippen LogP contribution in [-0.4, -0.2) is 67.2 Å². The van der Waals surface area contributed by atoms with Gasteiger partial charge in [-0.25, -0.2) is 4.79 Å². The number of urea groups is 1. The summed E-state index contributed by atoms with van der Waals surface area (Å²) in [6.07, 6.45) is 7.87. The Morgan fingerprint density at radius 3 is 2.20 bits per heavy atom. The first-order valence-electron chi connectivity index (χ1n) is 13.4. The molecule has 3 amide bonds. The number of amides is 3. The van der Waals surface area contributed by atoms with Gasteiger partial charge in [0.25, 0.3) is 0 Å². The fraction of sp³-hybridized carbons (Fsp3) is 0.714. The molecule has 1 aromatic carbocycles. The molecule has 192 valence electrons. The van der Waals surface area contributed by atoms with Gasteiger partial charge < -0.3 is 24.6 Å². The highest BCUT2D eigenvalue weighted by atomic mass is 16.5. The van der Waals surface area contributed by atoms with E-state index >= 15 is 0 Å². The Bertz CT molecular complexity index is 926. The first kappa shape index (κ1) is 24.3. The van der Waals surface area contributed by atoms with Gasteiger partial charge in [-0.15, -0.1) is 0 Å². The molecule has 35 heavy (non-hydrogen) atoms. The predicted octanol–water partition coefficient (Wildman–Crippen LogP) is 4.09. The molecule has 1 aliphatic heterocycles. The lowest BCUT2D eigenvalue weighted by atomic mass is 9.53. The van der Waals surface area contributed by atoms with E-state index in [0.29, 0.717) is 37.6 Å². The Morgan fingerprint density at radius 1 is 1.00 bits per heavy atom. The smallest absolute Gasteiger partial charge is 0.318 e. The number of benzene rings is 1. The van der Waals surface area contributed by atoms with Gasteiger partial charge in [0, 0.05) is 25.2 Å². The molecule has 0 spiro atoms. The Balaban J connectivity index is 1.23. The summed E-state index contributed by atoms with van der Waals surface area (Å²) in [4.78, 5) is 30.7. The number of ether oxygens (including phenoxy) is 2. The van der Waals surface area contributed by atoms with Gasteiger partial charge in [0.05, 0.1) is 26.7 Å². The summed E-state index contributed by atoms with van der Waals surface area (Å²) >= 11 is 0. The zero-order valence-corrected chi connectivity index (χ0v) is 21.7. The summed E-state index contributed by atoms with van der Waals surface area (Å²) < 4.78 is 10.7. The Labute approximate surface area is 209 Å². The fourth-order valence-electron chi connectivity index (χ4n) is 7.70. The first-order chi connectivity index (χ1) is 16.8. The molecule has 1 heterocycles. The van der Waals surface area contributed by atoms with E-state index in [4.69, 9.17) is 9.47 Å². The van der Waals surface area contributed by atoms with E-state index in [2.05, 4.69) is 19.2 Å². The molecule has 1 saturated heterocycles. The van der Waals surface area contributed by atoms with Crippen molar-refractivity contribution in [1.82, 2.24) is 15.1 Å². The minimum atomic E-state index is 0.00768. The summed E-state index contributed by atoms with van der Waals surface area (Å²) in [7, 11) is 3.21. The summed E-state index contributed by atoms with van der Waals surface area (Å²) in [6.45, 7) is 6.04. The summed E-state index contributed by atoms with van der Waals surface area (Å²) in [5, 5.41) is 3.54. The second-order valence-corrected chi connectivity index (χ2v) is 11.8. The summed E-state index contributed by atoms with van der Waals surface area (Å²) in [5.41, 5.74) is 0.907. The van der Waals surface area contributed by atoms with Crippen LogP contribution in [0.5, 0.6) is 11.5 Å². The van der Waals surface area contributed by atoms with Crippen LogP contribution in [0, 0.1) is 23.7 Å². The van der Waals surface area contributed by atoms with E-state index < -0.39 is 0 Å². The molecule has 5 aliphatic rings. The number of rotatable bonds is 6. The molecule has 4 aliphatic carbocycles. The lowest BCUT2D eigenvalue weighted by Gasteiger charge is -2.57. The van der Waals surface area contributed by atoms with Crippen molar-refractivity contribution in [2.24, 2.45) is 23.7 Å². The van der Waals surface area contributed by atoms with Crippen molar-refractivity contribution < 1.29 is 19.1 Å². The molecule has 7 nitrogen and oxygen atoms in total. The summed E-state index contributed by atoms with van der Waals surface area (Å²) in [5.74, 6) is 4.04. The molecule has 0 radical (unpaired) electrons. The van der Waals surface area contributed by atoms with Gasteiger partial charge in [-0.3, -0.25) is 4.79 Å². The molecular weight excluding hydrogens is 442 g/mol. The Kier molecular flexibility index (Phi) is 6.62. The van der Waals surface area contributed by atoms with E-state index in [0.717, 1.165) is 42.6 Å². The zero-order chi connectivity index (χ0) is 24.7. The van der Waals surface area contributed by atoms with Crippen LogP contribution < -0.4 is 14.8 Å². The maximum Gasteiger partial charge on any atom is 0.318 e. The molecule has 6 rings (SSSR count). The largest absolute Gasteiger partial charge is 0.493 e. The normalized spacial score (nSPS) is 31.6. The zero-order valence-electron chi connectivity index (χ0n) is 21.7. The van der Waals surface area contributed by atoms with Gasteiger partial charge in [0.2, 0.25) is 5.91 Å². The number of carbonyl (C=O) groups is 2. The van der Waals surface area contributed by atoms with Crippen LogP contribution in [0.3, 0.4) is 0 Å². The third kappa shape index (κ3) is 4.83. The van der Waals surface area contributed by atoms with Gasteiger partial charge in [-0.05, 0) is 79.9 Å².